The summed E-state index contributed by atoms with van der Waals surface area (Å²) in [6.45, 7) is 1.79. The van der Waals surface area contributed by atoms with Crippen LogP contribution < -0.4 is 20.1 Å². The van der Waals surface area contributed by atoms with Crippen LogP contribution in [0.15, 0.2) is 48.4 Å². The van der Waals surface area contributed by atoms with Gasteiger partial charge in [0.05, 0.1) is 19.3 Å². The summed E-state index contributed by atoms with van der Waals surface area (Å²) >= 11 is 0. The third-order valence-corrected chi connectivity index (χ3v) is 5.73. The van der Waals surface area contributed by atoms with E-state index in [2.05, 4.69) is 34.2 Å². The van der Waals surface area contributed by atoms with E-state index < -0.39 is 6.03 Å². The van der Waals surface area contributed by atoms with Gasteiger partial charge < -0.3 is 34.7 Å². The molecule has 9 nitrogen and oxygen atoms in total. The van der Waals surface area contributed by atoms with Crippen molar-refractivity contribution in [3.8, 4) is 11.5 Å². The number of fused-ring (bicyclic) bond motifs is 2. The molecule has 2 amide bonds. The van der Waals surface area contributed by atoms with Crippen LogP contribution in [0.3, 0.4) is 0 Å². The topological polar surface area (TPSA) is 105 Å². The highest BCUT2D eigenvalue weighted by atomic mass is 16.5. The van der Waals surface area contributed by atoms with Gasteiger partial charge in [-0.25, -0.2) is 4.79 Å². The highest BCUT2D eigenvalue weighted by Crippen LogP contribution is 2.35. The van der Waals surface area contributed by atoms with Crippen molar-refractivity contribution in [3.05, 3.63) is 59.5 Å². The molecule has 9 heteroatoms. The predicted molar refractivity (Wildman–Crippen MR) is 135 cm³/mol. The SMILES string of the molecule is COc1ccc2c(c1)c(C=C1Oc3ccc(NC(=O)NCCO)cc3C1=O)cn2CCCN(C)C. The molecule has 1 aromatic heterocycles. The number of aromatic nitrogens is 1. The second-order valence-electron chi connectivity index (χ2n) is 8.57. The van der Waals surface area contributed by atoms with Crippen LogP contribution >= 0.6 is 0 Å². The molecular weight excluding hydrogens is 448 g/mol. The molecule has 0 atom stereocenters. The predicted octanol–water partition coefficient (Wildman–Crippen LogP) is 3.33. The van der Waals surface area contributed by atoms with Gasteiger partial charge in [0.2, 0.25) is 5.78 Å². The number of aliphatic hydroxyl groups excluding tert-OH is 1. The molecule has 0 fully saturated rings. The number of ether oxygens (including phenoxy) is 2. The van der Waals surface area contributed by atoms with E-state index in [1.165, 1.54) is 0 Å². The molecule has 0 spiro atoms. The Morgan fingerprint density at radius 1 is 1.23 bits per heavy atom. The zero-order valence-corrected chi connectivity index (χ0v) is 20.1. The summed E-state index contributed by atoms with van der Waals surface area (Å²) in [5.41, 5.74) is 2.75. The molecule has 0 saturated carbocycles. The minimum atomic E-state index is -0.461. The number of carbonyl (C=O) groups excluding carboxylic acids is 2. The zero-order valence-electron chi connectivity index (χ0n) is 20.1. The first-order chi connectivity index (χ1) is 16.9. The van der Waals surface area contributed by atoms with E-state index in [-0.39, 0.29) is 24.7 Å². The van der Waals surface area contributed by atoms with Crippen molar-refractivity contribution in [1.82, 2.24) is 14.8 Å². The lowest BCUT2D eigenvalue weighted by atomic mass is 10.1. The first kappa shape index (κ1) is 24.3. The monoisotopic (exact) mass is 478 g/mol. The highest BCUT2D eigenvalue weighted by molar-refractivity contribution is 6.15. The van der Waals surface area contributed by atoms with E-state index in [0.29, 0.717) is 17.0 Å². The minimum absolute atomic E-state index is 0.138. The Bertz CT molecular complexity index is 1280. The molecule has 35 heavy (non-hydrogen) atoms. The van der Waals surface area contributed by atoms with Gasteiger partial charge in [-0.3, -0.25) is 4.79 Å². The minimum Gasteiger partial charge on any atom is -0.497 e. The Labute approximate surface area is 203 Å². The maximum Gasteiger partial charge on any atom is 0.319 e. The van der Waals surface area contributed by atoms with Gasteiger partial charge >= 0.3 is 6.03 Å². The number of aliphatic hydroxyl groups is 1. The van der Waals surface area contributed by atoms with E-state index in [1.54, 1.807) is 31.4 Å². The quantitative estimate of drug-likeness (QED) is 0.408. The van der Waals surface area contributed by atoms with Gasteiger partial charge in [-0.1, -0.05) is 0 Å². The lowest BCUT2D eigenvalue weighted by molar-refractivity contribution is 0.101. The van der Waals surface area contributed by atoms with Gasteiger partial charge in [0.1, 0.15) is 11.5 Å². The molecule has 0 radical (unpaired) electrons. The number of aryl methyl sites for hydroxylation is 1. The number of nitrogens with one attached hydrogen (secondary N) is 2. The van der Waals surface area contributed by atoms with E-state index in [0.717, 1.165) is 41.7 Å². The summed E-state index contributed by atoms with van der Waals surface area (Å²) in [6.07, 6.45) is 4.78. The fraction of sp³-hybridized carbons (Fsp3) is 0.308. The van der Waals surface area contributed by atoms with Crippen LogP contribution in [0.25, 0.3) is 17.0 Å². The van der Waals surface area contributed by atoms with Crippen molar-refractivity contribution in [2.75, 3.05) is 46.2 Å². The summed E-state index contributed by atoms with van der Waals surface area (Å²) in [6, 6.07) is 10.4. The molecule has 0 bridgehead atoms. The molecule has 1 aliphatic heterocycles. The van der Waals surface area contributed by atoms with Crippen LogP contribution in [0, 0.1) is 0 Å². The van der Waals surface area contributed by atoms with Crippen molar-refractivity contribution < 1.29 is 24.2 Å². The maximum absolute atomic E-state index is 13.1. The molecule has 2 aromatic carbocycles. The fourth-order valence-electron chi connectivity index (χ4n) is 4.04. The van der Waals surface area contributed by atoms with Crippen LogP contribution in [-0.4, -0.2) is 67.3 Å². The number of benzene rings is 2. The third-order valence-electron chi connectivity index (χ3n) is 5.73. The number of Topliss-reactive ketones (excluding diaryl/α,β-unsaturated/α-hetero) is 1. The summed E-state index contributed by atoms with van der Waals surface area (Å²) < 4.78 is 13.5. The number of ketones is 1. The number of urea groups is 1. The van der Waals surface area contributed by atoms with E-state index >= 15 is 0 Å². The fourth-order valence-corrected chi connectivity index (χ4v) is 4.04. The molecule has 2 heterocycles. The Kier molecular flexibility index (Phi) is 7.38. The molecule has 0 aliphatic carbocycles. The third kappa shape index (κ3) is 5.47. The first-order valence-electron chi connectivity index (χ1n) is 11.4. The first-order valence-corrected chi connectivity index (χ1v) is 11.4. The number of hydrogen-bond acceptors (Lipinski definition) is 6. The number of nitrogens with zero attached hydrogens (tertiary/aromatic N) is 2. The molecule has 4 rings (SSSR count). The second-order valence-corrected chi connectivity index (χ2v) is 8.57. The molecule has 0 unspecified atom stereocenters. The lowest BCUT2D eigenvalue weighted by Crippen LogP contribution is -2.30. The van der Waals surface area contributed by atoms with Crippen LogP contribution in [0.4, 0.5) is 10.5 Å². The van der Waals surface area contributed by atoms with Crippen molar-refractivity contribution in [2.45, 2.75) is 13.0 Å². The number of carbonyl (C=O) groups is 2. The van der Waals surface area contributed by atoms with Crippen molar-refractivity contribution >= 4 is 34.5 Å². The Hall–Kier alpha value is -3.82. The van der Waals surface area contributed by atoms with Gasteiger partial charge in [-0.05, 0) is 69.5 Å². The second kappa shape index (κ2) is 10.6. The van der Waals surface area contributed by atoms with E-state index in [4.69, 9.17) is 14.6 Å². The molecular formula is C26H30N4O5. The highest BCUT2D eigenvalue weighted by Gasteiger charge is 2.28. The number of methoxy groups -OCH3 is 1. The van der Waals surface area contributed by atoms with Crippen molar-refractivity contribution in [1.29, 1.82) is 0 Å². The number of amides is 2. The number of allylic oxidation sites excluding steroid dienone is 1. The zero-order chi connectivity index (χ0) is 24.9. The Morgan fingerprint density at radius 3 is 2.80 bits per heavy atom. The average Bonchev–Trinajstić information content (AvgIpc) is 3.34. The van der Waals surface area contributed by atoms with Crippen molar-refractivity contribution in [2.24, 2.45) is 0 Å². The normalized spacial score (nSPS) is 13.9. The number of hydrogen-bond donors (Lipinski definition) is 3. The van der Waals surface area contributed by atoms with Gasteiger partial charge in [0, 0.05) is 41.4 Å². The lowest BCUT2D eigenvalue weighted by Gasteiger charge is -2.10. The van der Waals surface area contributed by atoms with Crippen LogP contribution in [0.5, 0.6) is 11.5 Å². The molecule has 184 valence electrons. The smallest absolute Gasteiger partial charge is 0.319 e. The van der Waals surface area contributed by atoms with E-state index in [9.17, 15) is 9.59 Å². The summed E-state index contributed by atoms with van der Waals surface area (Å²) in [5, 5.41) is 15.0. The van der Waals surface area contributed by atoms with Crippen molar-refractivity contribution in [3.63, 3.8) is 0 Å². The summed E-state index contributed by atoms with van der Waals surface area (Å²) in [7, 11) is 5.73. The van der Waals surface area contributed by atoms with Crippen LogP contribution in [0.1, 0.15) is 22.3 Å². The Balaban J connectivity index is 1.61. The van der Waals surface area contributed by atoms with Gasteiger partial charge in [-0.15, -0.1) is 0 Å². The standard InChI is InChI=1S/C26H30N4O5/c1-29(2)10-4-11-30-16-17(20-15-19(34-3)6-7-22(20)30)13-24-25(32)21-14-18(5-8-23(21)35-24)28-26(33)27-9-12-31/h5-8,13-16,31H,4,9-12H2,1-3H3,(H2,27,28,33). The van der Waals surface area contributed by atoms with Gasteiger partial charge in [-0.2, -0.15) is 0 Å². The van der Waals surface area contributed by atoms with Crippen LogP contribution in [0.2, 0.25) is 0 Å². The van der Waals surface area contributed by atoms with Crippen LogP contribution in [-0.2, 0) is 6.54 Å². The molecule has 0 saturated heterocycles. The van der Waals surface area contributed by atoms with Gasteiger partial charge in [0.25, 0.3) is 0 Å². The Morgan fingerprint density at radius 2 is 2.06 bits per heavy atom. The number of rotatable bonds is 9. The summed E-state index contributed by atoms with van der Waals surface area (Å²) in [4.78, 5) is 27.2. The summed E-state index contributed by atoms with van der Waals surface area (Å²) in [5.74, 6) is 1.14. The molecule has 3 N–H and O–H groups in total. The van der Waals surface area contributed by atoms with E-state index in [1.807, 2.05) is 24.4 Å². The molecule has 3 aromatic rings. The van der Waals surface area contributed by atoms with Gasteiger partial charge in [0.15, 0.2) is 5.76 Å². The maximum atomic E-state index is 13.1. The average molecular weight is 479 g/mol. The molecule has 1 aliphatic rings. The number of anilines is 1. The largest absolute Gasteiger partial charge is 0.497 e.